The topological polar surface area (TPSA) is 59.5 Å². The quantitative estimate of drug-likeness (QED) is 0.263. The van der Waals surface area contributed by atoms with Crippen molar-refractivity contribution in [3.05, 3.63) is 76.3 Å². The van der Waals surface area contributed by atoms with Gasteiger partial charge in [-0.15, -0.1) is 11.3 Å². The van der Waals surface area contributed by atoms with E-state index >= 15 is 0 Å². The van der Waals surface area contributed by atoms with Gasteiger partial charge in [-0.25, -0.2) is 9.78 Å². The fraction of sp³-hybridized carbons (Fsp3) is 0.174. The van der Waals surface area contributed by atoms with Gasteiger partial charge in [0, 0.05) is 18.4 Å². The molecule has 3 aromatic rings. The van der Waals surface area contributed by atoms with Crippen LogP contribution in [0.2, 0.25) is 0 Å². The number of halogens is 3. The smallest absolute Gasteiger partial charge is 0.416 e. The second-order valence-electron chi connectivity index (χ2n) is 6.98. The third-order valence-corrected chi connectivity index (χ3v) is 5.22. The molecule has 0 unspecified atom stereocenters. The molecule has 1 aromatic heterocycles. The molecule has 5 nitrogen and oxygen atoms in total. The normalized spacial score (nSPS) is 11.6. The van der Waals surface area contributed by atoms with Crippen LogP contribution >= 0.6 is 11.3 Å². The first-order valence-corrected chi connectivity index (χ1v) is 10.3. The third-order valence-electron chi connectivity index (χ3n) is 4.38. The van der Waals surface area contributed by atoms with E-state index in [4.69, 9.17) is 4.74 Å². The van der Waals surface area contributed by atoms with Gasteiger partial charge < -0.3 is 4.74 Å². The molecule has 0 aliphatic carbocycles. The molecular weight excluding hydrogens is 441 g/mol. The van der Waals surface area contributed by atoms with Crippen molar-refractivity contribution in [3.63, 3.8) is 0 Å². The molecule has 0 aliphatic rings. The minimum absolute atomic E-state index is 0.0476. The SMILES string of the molecule is CC(=O)N(c1cccc(C(F)(F)F)c1)c1nc(/C=C/C(=O)Oc2ccc(C)cc2C)cs1. The summed E-state index contributed by atoms with van der Waals surface area (Å²) in [6, 6.07) is 9.87. The van der Waals surface area contributed by atoms with Crippen LogP contribution < -0.4 is 9.64 Å². The highest BCUT2D eigenvalue weighted by Crippen LogP contribution is 2.35. The second kappa shape index (κ2) is 9.35. The minimum Gasteiger partial charge on any atom is -0.423 e. The van der Waals surface area contributed by atoms with Gasteiger partial charge in [-0.2, -0.15) is 13.2 Å². The van der Waals surface area contributed by atoms with Crippen molar-refractivity contribution in [2.24, 2.45) is 0 Å². The Bertz CT molecular complexity index is 1190. The number of rotatable bonds is 5. The summed E-state index contributed by atoms with van der Waals surface area (Å²) in [6.45, 7) is 5.00. The Morgan fingerprint density at radius 3 is 2.53 bits per heavy atom. The number of ether oxygens (including phenoxy) is 1. The van der Waals surface area contributed by atoms with Crippen LogP contribution in [0.25, 0.3) is 6.08 Å². The van der Waals surface area contributed by atoms with Gasteiger partial charge in [0.05, 0.1) is 16.9 Å². The molecule has 0 saturated carbocycles. The van der Waals surface area contributed by atoms with Gasteiger partial charge in [0.25, 0.3) is 0 Å². The Labute approximate surface area is 186 Å². The molecule has 0 spiro atoms. The van der Waals surface area contributed by atoms with E-state index in [1.54, 1.807) is 11.4 Å². The Morgan fingerprint density at radius 2 is 1.88 bits per heavy atom. The van der Waals surface area contributed by atoms with Crippen molar-refractivity contribution < 1.29 is 27.5 Å². The number of hydrogen-bond acceptors (Lipinski definition) is 5. The summed E-state index contributed by atoms with van der Waals surface area (Å²) in [5.41, 5.74) is 1.41. The summed E-state index contributed by atoms with van der Waals surface area (Å²) in [7, 11) is 0. The number of benzene rings is 2. The summed E-state index contributed by atoms with van der Waals surface area (Å²) in [5.74, 6) is -0.659. The Balaban J connectivity index is 1.78. The maximum Gasteiger partial charge on any atom is 0.416 e. The number of anilines is 2. The fourth-order valence-corrected chi connectivity index (χ4v) is 3.77. The van der Waals surface area contributed by atoms with Crippen molar-refractivity contribution in [2.75, 3.05) is 4.90 Å². The molecule has 166 valence electrons. The molecule has 0 radical (unpaired) electrons. The van der Waals surface area contributed by atoms with E-state index in [-0.39, 0.29) is 10.8 Å². The number of aryl methyl sites for hydroxylation is 2. The van der Waals surface area contributed by atoms with Crippen molar-refractivity contribution in [1.82, 2.24) is 4.98 Å². The summed E-state index contributed by atoms with van der Waals surface area (Å²) in [4.78, 5) is 29.6. The van der Waals surface area contributed by atoms with Crippen molar-refractivity contribution in [3.8, 4) is 5.75 Å². The standard InChI is InChI=1S/C23H19F3N2O3S/c1-14-7-9-20(15(2)11-14)31-21(30)10-8-18-13-32-22(27-18)28(16(3)29)19-6-4-5-17(12-19)23(24,25)26/h4-13H,1-3H3/b10-8+. The van der Waals surface area contributed by atoms with Crippen molar-refractivity contribution in [2.45, 2.75) is 26.9 Å². The van der Waals surface area contributed by atoms with Gasteiger partial charge in [0.15, 0.2) is 5.13 Å². The number of carbonyl (C=O) groups excluding carboxylic acids is 2. The molecule has 2 aromatic carbocycles. The Hall–Kier alpha value is -3.46. The van der Waals surface area contributed by atoms with E-state index in [0.717, 1.165) is 39.5 Å². The summed E-state index contributed by atoms with van der Waals surface area (Å²) in [5, 5.41) is 1.76. The number of hydrogen-bond donors (Lipinski definition) is 0. The lowest BCUT2D eigenvalue weighted by atomic mass is 10.1. The lowest BCUT2D eigenvalue weighted by Crippen LogP contribution is -2.23. The van der Waals surface area contributed by atoms with Gasteiger partial charge in [0.2, 0.25) is 5.91 Å². The molecule has 0 atom stereocenters. The van der Waals surface area contributed by atoms with Crippen LogP contribution in [0.5, 0.6) is 5.75 Å². The van der Waals surface area contributed by atoms with E-state index < -0.39 is 23.6 Å². The predicted octanol–water partition coefficient (Wildman–Crippen LogP) is 6.08. The zero-order valence-electron chi connectivity index (χ0n) is 17.4. The molecule has 9 heteroatoms. The maximum absolute atomic E-state index is 13.0. The lowest BCUT2D eigenvalue weighted by Gasteiger charge is -2.19. The largest absolute Gasteiger partial charge is 0.423 e. The number of alkyl halides is 3. The molecular formula is C23H19F3N2O3S. The van der Waals surface area contributed by atoms with Gasteiger partial charge >= 0.3 is 12.1 Å². The van der Waals surface area contributed by atoms with Crippen molar-refractivity contribution in [1.29, 1.82) is 0 Å². The number of aromatic nitrogens is 1. The molecule has 0 aliphatic heterocycles. The monoisotopic (exact) mass is 460 g/mol. The van der Waals surface area contributed by atoms with Crippen LogP contribution in [0.15, 0.2) is 53.9 Å². The average molecular weight is 460 g/mol. The average Bonchev–Trinajstić information content (AvgIpc) is 3.16. The molecule has 1 amide bonds. The Morgan fingerprint density at radius 1 is 1.12 bits per heavy atom. The van der Waals surface area contributed by atoms with Crippen LogP contribution in [0.3, 0.4) is 0 Å². The molecule has 0 fully saturated rings. The fourth-order valence-electron chi connectivity index (χ4n) is 2.91. The first-order valence-electron chi connectivity index (χ1n) is 9.45. The number of carbonyl (C=O) groups is 2. The predicted molar refractivity (Wildman–Crippen MR) is 117 cm³/mol. The molecule has 0 bridgehead atoms. The highest BCUT2D eigenvalue weighted by Gasteiger charge is 2.31. The van der Waals surface area contributed by atoms with Crippen LogP contribution in [0.1, 0.15) is 29.3 Å². The van der Waals surface area contributed by atoms with E-state index in [9.17, 15) is 22.8 Å². The van der Waals surface area contributed by atoms with Gasteiger partial charge in [-0.1, -0.05) is 23.8 Å². The van der Waals surface area contributed by atoms with E-state index in [1.165, 1.54) is 31.2 Å². The van der Waals surface area contributed by atoms with E-state index in [1.807, 2.05) is 26.0 Å². The first kappa shape index (κ1) is 23.2. The van der Waals surface area contributed by atoms with E-state index in [2.05, 4.69) is 4.98 Å². The van der Waals surface area contributed by atoms with Crippen LogP contribution in [-0.2, 0) is 15.8 Å². The number of thiazole rings is 1. The zero-order chi connectivity index (χ0) is 23.5. The highest BCUT2D eigenvalue weighted by atomic mass is 32.1. The Kier molecular flexibility index (Phi) is 6.78. The third kappa shape index (κ3) is 5.61. The molecule has 32 heavy (non-hydrogen) atoms. The van der Waals surface area contributed by atoms with Crippen molar-refractivity contribution >= 4 is 40.1 Å². The molecule has 1 heterocycles. The summed E-state index contributed by atoms with van der Waals surface area (Å²) in [6.07, 6.45) is -1.93. The second-order valence-corrected chi connectivity index (χ2v) is 7.82. The molecule has 0 N–H and O–H groups in total. The maximum atomic E-state index is 13.0. The molecule has 0 saturated heterocycles. The first-order chi connectivity index (χ1) is 15.0. The number of esters is 1. The zero-order valence-corrected chi connectivity index (χ0v) is 18.3. The van der Waals surface area contributed by atoms with Crippen LogP contribution in [0.4, 0.5) is 24.0 Å². The molecule has 3 rings (SSSR count). The van der Waals surface area contributed by atoms with Crippen LogP contribution in [0, 0.1) is 13.8 Å². The summed E-state index contributed by atoms with van der Waals surface area (Å²) < 4.78 is 44.4. The number of amides is 1. The van der Waals surface area contributed by atoms with Gasteiger partial charge in [-0.05, 0) is 49.8 Å². The lowest BCUT2D eigenvalue weighted by molar-refractivity contribution is -0.137. The number of nitrogens with zero attached hydrogens (tertiary/aromatic N) is 2. The van der Waals surface area contributed by atoms with E-state index in [0.29, 0.717) is 11.4 Å². The summed E-state index contributed by atoms with van der Waals surface area (Å²) >= 11 is 1.06. The minimum atomic E-state index is -4.54. The van der Waals surface area contributed by atoms with Gasteiger partial charge in [-0.3, -0.25) is 9.69 Å². The van der Waals surface area contributed by atoms with Crippen LogP contribution in [-0.4, -0.2) is 16.9 Å². The van der Waals surface area contributed by atoms with Gasteiger partial charge in [0.1, 0.15) is 5.75 Å². The highest BCUT2D eigenvalue weighted by molar-refractivity contribution is 7.14.